The van der Waals surface area contributed by atoms with Gasteiger partial charge in [0, 0.05) is 5.41 Å². The average molecular weight is 290 g/mol. The van der Waals surface area contributed by atoms with Crippen molar-refractivity contribution in [3.8, 4) is 0 Å². The van der Waals surface area contributed by atoms with Crippen LogP contribution in [0, 0.1) is 28.6 Å². The largest absolute Gasteiger partial charge is 0.393 e. The molecule has 0 radical (unpaired) electrons. The Balaban J connectivity index is 1.68. The van der Waals surface area contributed by atoms with Gasteiger partial charge < -0.3 is 5.11 Å². The highest BCUT2D eigenvalue weighted by Crippen LogP contribution is 2.64. The number of halogens is 1. The van der Waals surface area contributed by atoms with E-state index in [1.54, 1.807) is 0 Å². The molecule has 6 atom stereocenters. The van der Waals surface area contributed by atoms with E-state index in [1.165, 1.54) is 5.57 Å². The third-order valence-electron chi connectivity index (χ3n) is 7.56. The summed E-state index contributed by atoms with van der Waals surface area (Å²) in [6.07, 6.45) is 11.2. The lowest BCUT2D eigenvalue weighted by atomic mass is 9.48. The van der Waals surface area contributed by atoms with Crippen LogP contribution in [0.2, 0.25) is 0 Å². The smallest absolute Gasteiger partial charge is 0.102 e. The number of hydrogen-bond donors (Lipinski definition) is 1. The van der Waals surface area contributed by atoms with Gasteiger partial charge in [-0.2, -0.15) is 0 Å². The lowest BCUT2D eigenvalue weighted by Crippen LogP contribution is -2.49. The minimum absolute atomic E-state index is 0.139. The van der Waals surface area contributed by atoms with Crippen LogP contribution in [0.4, 0.5) is 4.39 Å². The van der Waals surface area contributed by atoms with Crippen molar-refractivity contribution in [2.45, 2.75) is 64.9 Å². The van der Waals surface area contributed by atoms with Crippen molar-refractivity contribution in [2.24, 2.45) is 28.6 Å². The van der Waals surface area contributed by atoms with E-state index >= 15 is 0 Å². The first-order chi connectivity index (χ1) is 9.95. The van der Waals surface area contributed by atoms with E-state index in [2.05, 4.69) is 19.9 Å². The highest BCUT2D eigenvalue weighted by atomic mass is 19.1. The first kappa shape index (κ1) is 14.0. The van der Waals surface area contributed by atoms with Crippen LogP contribution < -0.4 is 0 Å². The van der Waals surface area contributed by atoms with Crippen LogP contribution in [-0.2, 0) is 0 Å². The second kappa shape index (κ2) is 4.44. The van der Waals surface area contributed by atoms with Gasteiger partial charge in [0.1, 0.15) is 5.83 Å². The molecule has 0 aromatic rings. The fourth-order valence-corrected chi connectivity index (χ4v) is 6.16. The molecule has 0 bridgehead atoms. The van der Waals surface area contributed by atoms with Crippen LogP contribution in [0.15, 0.2) is 23.6 Å². The molecule has 2 fully saturated rings. The molecule has 0 amide bonds. The van der Waals surface area contributed by atoms with Crippen LogP contribution in [0.25, 0.3) is 0 Å². The highest BCUT2D eigenvalue weighted by molar-refractivity contribution is 5.28. The number of rotatable bonds is 0. The van der Waals surface area contributed by atoms with Crippen molar-refractivity contribution in [3.05, 3.63) is 23.6 Å². The number of fused-ring (bicyclic) bond motifs is 5. The fourth-order valence-electron chi connectivity index (χ4n) is 6.16. The molecule has 0 saturated heterocycles. The van der Waals surface area contributed by atoms with Gasteiger partial charge in [-0.3, -0.25) is 0 Å². The second-order valence-electron chi connectivity index (χ2n) is 8.40. The summed E-state index contributed by atoms with van der Waals surface area (Å²) in [6.45, 7) is 4.57. The summed E-state index contributed by atoms with van der Waals surface area (Å²) in [5, 5.41) is 9.99. The molecular formula is C19H27FO. The van der Waals surface area contributed by atoms with Gasteiger partial charge in [0.2, 0.25) is 0 Å². The Morgan fingerprint density at radius 1 is 1.05 bits per heavy atom. The van der Waals surface area contributed by atoms with E-state index in [-0.39, 0.29) is 22.8 Å². The fraction of sp³-hybridized carbons (Fsp3) is 0.789. The zero-order valence-electron chi connectivity index (χ0n) is 13.2. The number of hydrogen-bond acceptors (Lipinski definition) is 1. The molecule has 4 aliphatic carbocycles. The predicted molar refractivity (Wildman–Crippen MR) is 82.3 cm³/mol. The van der Waals surface area contributed by atoms with E-state index in [9.17, 15) is 9.50 Å². The normalized spacial score (nSPS) is 52.4. The minimum Gasteiger partial charge on any atom is -0.393 e. The lowest BCUT2D eigenvalue weighted by Gasteiger charge is -2.57. The lowest BCUT2D eigenvalue weighted by molar-refractivity contribution is -0.0345. The van der Waals surface area contributed by atoms with Gasteiger partial charge in [-0.25, -0.2) is 4.39 Å². The molecule has 1 N–H and O–H groups in total. The quantitative estimate of drug-likeness (QED) is 0.637. The molecule has 2 saturated carbocycles. The van der Waals surface area contributed by atoms with Crippen molar-refractivity contribution in [1.29, 1.82) is 0 Å². The zero-order valence-corrected chi connectivity index (χ0v) is 13.2. The van der Waals surface area contributed by atoms with Crippen molar-refractivity contribution in [2.75, 3.05) is 0 Å². The second-order valence-corrected chi connectivity index (χ2v) is 8.40. The Morgan fingerprint density at radius 3 is 2.62 bits per heavy atom. The molecule has 0 aliphatic heterocycles. The third-order valence-corrected chi connectivity index (χ3v) is 7.56. The average Bonchev–Trinajstić information content (AvgIpc) is 2.76. The minimum atomic E-state index is -0.183. The van der Waals surface area contributed by atoms with E-state index in [1.807, 2.05) is 6.08 Å². The Hall–Kier alpha value is -0.630. The van der Waals surface area contributed by atoms with Gasteiger partial charge in [-0.05, 0) is 68.1 Å². The summed E-state index contributed by atoms with van der Waals surface area (Å²) in [6, 6.07) is 0. The topological polar surface area (TPSA) is 20.2 Å². The molecule has 0 heterocycles. The van der Waals surface area contributed by atoms with Crippen LogP contribution in [0.1, 0.15) is 58.8 Å². The molecule has 1 nitrogen and oxygen atoms in total. The van der Waals surface area contributed by atoms with Crippen molar-refractivity contribution >= 4 is 0 Å². The van der Waals surface area contributed by atoms with Gasteiger partial charge in [0.25, 0.3) is 0 Å². The number of allylic oxidation sites excluding steroid dienone is 3. The molecule has 0 aromatic carbocycles. The predicted octanol–water partition coefficient (Wildman–Crippen LogP) is 4.77. The maximum Gasteiger partial charge on any atom is 0.102 e. The Bertz CT molecular complexity index is 522. The summed E-state index contributed by atoms with van der Waals surface area (Å²) in [7, 11) is 0. The Morgan fingerprint density at radius 2 is 1.81 bits per heavy atom. The Labute approximate surface area is 127 Å². The molecule has 2 heteroatoms. The van der Waals surface area contributed by atoms with Crippen LogP contribution in [0.3, 0.4) is 0 Å². The molecular weight excluding hydrogens is 263 g/mol. The zero-order chi connectivity index (χ0) is 14.8. The van der Waals surface area contributed by atoms with Gasteiger partial charge in [0.15, 0.2) is 0 Å². The van der Waals surface area contributed by atoms with E-state index < -0.39 is 0 Å². The van der Waals surface area contributed by atoms with Crippen molar-refractivity contribution in [3.63, 3.8) is 0 Å². The molecule has 0 aromatic heterocycles. The SMILES string of the molecule is C[C@]12CC[C@H](O)CC1=CC[C@@H]1[C@@H]2CC[C@]2(C)C(F)=CC[C@@H]12. The summed E-state index contributed by atoms with van der Waals surface area (Å²) in [5.41, 5.74) is 1.58. The van der Waals surface area contributed by atoms with Crippen LogP contribution in [0.5, 0.6) is 0 Å². The number of aliphatic hydroxyl groups excluding tert-OH is 1. The monoisotopic (exact) mass is 290 g/mol. The molecule has 0 spiro atoms. The summed E-state index contributed by atoms with van der Waals surface area (Å²) in [4.78, 5) is 0. The summed E-state index contributed by atoms with van der Waals surface area (Å²) in [5.74, 6) is 1.99. The van der Waals surface area contributed by atoms with E-state index in [4.69, 9.17) is 0 Å². The van der Waals surface area contributed by atoms with Gasteiger partial charge >= 0.3 is 0 Å². The first-order valence-corrected chi connectivity index (χ1v) is 8.69. The van der Waals surface area contributed by atoms with Crippen LogP contribution in [-0.4, -0.2) is 11.2 Å². The van der Waals surface area contributed by atoms with Crippen LogP contribution >= 0.6 is 0 Å². The van der Waals surface area contributed by atoms with E-state index in [0.717, 1.165) is 44.9 Å². The highest BCUT2D eigenvalue weighted by Gasteiger charge is 2.56. The number of aliphatic hydroxyl groups is 1. The third kappa shape index (κ3) is 1.78. The van der Waals surface area contributed by atoms with Crippen molar-refractivity contribution in [1.82, 2.24) is 0 Å². The molecule has 21 heavy (non-hydrogen) atoms. The first-order valence-electron chi connectivity index (χ1n) is 8.69. The summed E-state index contributed by atoms with van der Waals surface area (Å²) < 4.78 is 14.3. The molecule has 4 rings (SSSR count). The molecule has 0 unspecified atom stereocenters. The van der Waals surface area contributed by atoms with Crippen molar-refractivity contribution < 1.29 is 9.50 Å². The standard InChI is InChI=1S/C19H27FO/c1-18-9-7-13(21)11-12(18)3-4-14-15-5-6-17(20)19(15,2)10-8-16(14)18/h3,6,13-16,21H,4-5,7-11H2,1-2H3/t13-,14-,15-,16-,18-,19-/m0/s1. The maximum absolute atomic E-state index is 14.3. The summed E-state index contributed by atoms with van der Waals surface area (Å²) >= 11 is 0. The van der Waals surface area contributed by atoms with Gasteiger partial charge in [-0.1, -0.05) is 31.6 Å². The maximum atomic E-state index is 14.3. The molecule has 4 aliphatic rings. The molecule has 116 valence electrons. The van der Waals surface area contributed by atoms with Gasteiger partial charge in [0.05, 0.1) is 6.10 Å². The van der Waals surface area contributed by atoms with E-state index in [0.29, 0.717) is 17.8 Å². The Kier molecular flexibility index (Phi) is 2.96. The van der Waals surface area contributed by atoms with Gasteiger partial charge in [-0.15, -0.1) is 0 Å².